The molecule has 0 aliphatic carbocycles. The van der Waals surface area contributed by atoms with Crippen LogP contribution < -0.4 is 4.74 Å². The number of hydrogen-bond acceptors (Lipinski definition) is 6. The van der Waals surface area contributed by atoms with Gasteiger partial charge in [0, 0.05) is 37.1 Å². The fourth-order valence-electron chi connectivity index (χ4n) is 3.35. The Balaban J connectivity index is 1.36. The second-order valence-corrected chi connectivity index (χ2v) is 9.87. The minimum absolute atomic E-state index is 0.267. The summed E-state index contributed by atoms with van der Waals surface area (Å²) in [4.78, 5) is 7.13. The molecule has 0 bridgehead atoms. The first kappa shape index (κ1) is 20.9. The summed E-state index contributed by atoms with van der Waals surface area (Å²) in [6, 6.07) is 12.8. The molecule has 4 rings (SSSR count). The molecule has 6 nitrogen and oxygen atoms in total. The number of benzene rings is 2. The van der Waals surface area contributed by atoms with E-state index in [2.05, 4.69) is 9.88 Å². The molecular formula is C21H22FN3O3S2. The van der Waals surface area contributed by atoms with Crippen LogP contribution in [0.25, 0.3) is 11.3 Å². The quantitative estimate of drug-likeness (QED) is 0.579. The van der Waals surface area contributed by atoms with Gasteiger partial charge in [0.05, 0.1) is 24.2 Å². The van der Waals surface area contributed by atoms with Crippen molar-refractivity contribution >= 4 is 21.4 Å². The van der Waals surface area contributed by atoms with Crippen molar-refractivity contribution in [2.24, 2.45) is 0 Å². The van der Waals surface area contributed by atoms with Gasteiger partial charge in [-0.25, -0.2) is 17.8 Å². The predicted molar refractivity (Wildman–Crippen MR) is 115 cm³/mol. The van der Waals surface area contributed by atoms with Crippen molar-refractivity contribution < 1.29 is 17.5 Å². The minimum atomic E-state index is -3.51. The van der Waals surface area contributed by atoms with Gasteiger partial charge < -0.3 is 4.74 Å². The maximum Gasteiger partial charge on any atom is 0.243 e. The first-order chi connectivity index (χ1) is 14.5. The Labute approximate surface area is 179 Å². The third kappa shape index (κ3) is 4.54. The molecule has 1 saturated heterocycles. The van der Waals surface area contributed by atoms with Gasteiger partial charge in [-0.05, 0) is 48.5 Å². The van der Waals surface area contributed by atoms with Crippen LogP contribution >= 0.6 is 11.3 Å². The molecule has 0 saturated carbocycles. The Morgan fingerprint density at radius 2 is 1.70 bits per heavy atom. The van der Waals surface area contributed by atoms with Crippen LogP contribution in [-0.4, -0.2) is 55.9 Å². The molecule has 1 fully saturated rings. The highest BCUT2D eigenvalue weighted by Crippen LogP contribution is 2.24. The fourth-order valence-corrected chi connectivity index (χ4v) is 5.62. The summed E-state index contributed by atoms with van der Waals surface area (Å²) in [6.07, 6.45) is 0. The van der Waals surface area contributed by atoms with Gasteiger partial charge >= 0.3 is 0 Å². The summed E-state index contributed by atoms with van der Waals surface area (Å²) >= 11 is 1.56. The molecule has 1 aromatic heterocycles. The number of rotatable bonds is 6. The van der Waals surface area contributed by atoms with Gasteiger partial charge in [0.1, 0.15) is 16.6 Å². The molecule has 0 atom stereocenters. The smallest absolute Gasteiger partial charge is 0.243 e. The number of nitrogens with zero attached hydrogens (tertiary/aromatic N) is 3. The molecule has 2 aromatic carbocycles. The van der Waals surface area contributed by atoms with Crippen LogP contribution in [0.5, 0.6) is 5.75 Å². The first-order valence-electron chi connectivity index (χ1n) is 9.52. The molecule has 0 radical (unpaired) electrons. The van der Waals surface area contributed by atoms with Gasteiger partial charge in [-0.2, -0.15) is 4.31 Å². The third-order valence-corrected chi connectivity index (χ3v) is 7.83. The second kappa shape index (κ2) is 8.81. The van der Waals surface area contributed by atoms with Crippen LogP contribution in [0.3, 0.4) is 0 Å². The van der Waals surface area contributed by atoms with Gasteiger partial charge in [-0.3, -0.25) is 4.90 Å². The maximum atomic E-state index is 13.1. The number of aromatic nitrogens is 1. The van der Waals surface area contributed by atoms with Crippen LogP contribution in [0.1, 0.15) is 5.01 Å². The molecule has 30 heavy (non-hydrogen) atoms. The number of piperazine rings is 1. The normalized spacial score (nSPS) is 15.9. The zero-order chi connectivity index (χ0) is 21.1. The summed E-state index contributed by atoms with van der Waals surface area (Å²) < 4.78 is 45.5. The Kier molecular flexibility index (Phi) is 6.14. The van der Waals surface area contributed by atoms with Crippen molar-refractivity contribution in [3.63, 3.8) is 0 Å². The average Bonchev–Trinajstić information content (AvgIpc) is 3.23. The lowest BCUT2D eigenvalue weighted by Gasteiger charge is -2.33. The summed E-state index contributed by atoms with van der Waals surface area (Å²) in [5.41, 5.74) is 1.71. The summed E-state index contributed by atoms with van der Waals surface area (Å²) in [7, 11) is -1.96. The van der Waals surface area contributed by atoms with E-state index in [9.17, 15) is 12.8 Å². The lowest BCUT2D eigenvalue weighted by atomic mass is 10.2. The van der Waals surface area contributed by atoms with Gasteiger partial charge in [0.15, 0.2) is 0 Å². The average molecular weight is 448 g/mol. The van der Waals surface area contributed by atoms with Crippen LogP contribution in [0.4, 0.5) is 4.39 Å². The van der Waals surface area contributed by atoms with E-state index in [1.807, 2.05) is 5.38 Å². The lowest BCUT2D eigenvalue weighted by molar-refractivity contribution is 0.181. The monoisotopic (exact) mass is 447 g/mol. The van der Waals surface area contributed by atoms with Crippen LogP contribution in [0.15, 0.2) is 58.8 Å². The molecule has 9 heteroatoms. The highest BCUT2D eigenvalue weighted by atomic mass is 32.2. The van der Waals surface area contributed by atoms with E-state index in [1.165, 1.54) is 16.4 Å². The van der Waals surface area contributed by atoms with E-state index >= 15 is 0 Å². The molecule has 0 unspecified atom stereocenters. The number of sulfonamides is 1. The molecular weight excluding hydrogens is 425 g/mol. The summed E-state index contributed by atoms with van der Waals surface area (Å²) in [6.45, 7) is 2.82. The zero-order valence-corrected chi connectivity index (χ0v) is 18.1. The van der Waals surface area contributed by atoms with Crippen molar-refractivity contribution in [2.45, 2.75) is 11.4 Å². The molecule has 3 aromatic rings. The van der Waals surface area contributed by atoms with E-state index in [4.69, 9.17) is 4.74 Å². The van der Waals surface area contributed by atoms with E-state index < -0.39 is 10.0 Å². The zero-order valence-electron chi connectivity index (χ0n) is 16.5. The van der Waals surface area contributed by atoms with Crippen LogP contribution in [0.2, 0.25) is 0 Å². The van der Waals surface area contributed by atoms with E-state index in [0.717, 1.165) is 16.3 Å². The molecule has 2 heterocycles. The molecule has 158 valence electrons. The summed E-state index contributed by atoms with van der Waals surface area (Å²) in [5, 5.41) is 2.92. The number of ether oxygens (including phenoxy) is 1. The summed E-state index contributed by atoms with van der Waals surface area (Å²) in [5.74, 6) is 0.360. The fraction of sp³-hybridized carbons (Fsp3) is 0.286. The van der Waals surface area contributed by atoms with Crippen molar-refractivity contribution in [3.8, 4) is 17.0 Å². The van der Waals surface area contributed by atoms with Gasteiger partial charge in [-0.1, -0.05) is 0 Å². The first-order valence-corrected chi connectivity index (χ1v) is 11.8. The van der Waals surface area contributed by atoms with Crippen LogP contribution in [-0.2, 0) is 16.6 Å². The number of hydrogen-bond donors (Lipinski definition) is 0. The predicted octanol–water partition coefficient (Wildman–Crippen LogP) is 3.46. The Morgan fingerprint density at radius 1 is 1.03 bits per heavy atom. The molecule has 1 aliphatic rings. The van der Waals surface area contributed by atoms with Crippen LogP contribution in [0, 0.1) is 5.82 Å². The highest BCUT2D eigenvalue weighted by molar-refractivity contribution is 7.89. The Bertz CT molecular complexity index is 1090. The Hall–Kier alpha value is -2.33. The minimum Gasteiger partial charge on any atom is -0.497 e. The van der Waals surface area contributed by atoms with Crippen molar-refractivity contribution in [3.05, 3.63) is 64.7 Å². The van der Waals surface area contributed by atoms with Gasteiger partial charge in [0.2, 0.25) is 10.0 Å². The molecule has 0 N–H and O–H groups in total. The van der Waals surface area contributed by atoms with E-state index in [0.29, 0.717) is 38.5 Å². The molecule has 1 aliphatic heterocycles. The number of methoxy groups -OCH3 is 1. The van der Waals surface area contributed by atoms with Crippen molar-refractivity contribution in [1.82, 2.24) is 14.2 Å². The van der Waals surface area contributed by atoms with E-state index in [1.54, 1.807) is 54.8 Å². The third-order valence-electron chi connectivity index (χ3n) is 5.08. The van der Waals surface area contributed by atoms with Gasteiger partial charge in [0.25, 0.3) is 0 Å². The van der Waals surface area contributed by atoms with E-state index in [-0.39, 0.29) is 10.7 Å². The number of halogens is 1. The van der Waals surface area contributed by atoms with Crippen molar-refractivity contribution in [1.29, 1.82) is 0 Å². The number of thiazole rings is 1. The largest absolute Gasteiger partial charge is 0.497 e. The standard InChI is InChI=1S/C21H22FN3O3S2/c1-28-18-6-8-19(9-7-18)30(26,27)25-12-10-24(11-13-25)14-21-23-20(15-29-21)16-2-4-17(22)5-3-16/h2-9,15H,10-14H2,1H3. The SMILES string of the molecule is COc1ccc(S(=O)(=O)N2CCN(Cc3nc(-c4ccc(F)cc4)cs3)CC2)cc1. The maximum absolute atomic E-state index is 13.1. The van der Waals surface area contributed by atoms with Crippen molar-refractivity contribution in [2.75, 3.05) is 33.3 Å². The second-order valence-electron chi connectivity index (χ2n) is 6.99. The topological polar surface area (TPSA) is 62.7 Å². The lowest BCUT2D eigenvalue weighted by Crippen LogP contribution is -2.48. The molecule has 0 spiro atoms. The Morgan fingerprint density at radius 3 is 2.33 bits per heavy atom. The highest BCUT2D eigenvalue weighted by Gasteiger charge is 2.28. The molecule has 0 amide bonds. The van der Waals surface area contributed by atoms with Gasteiger partial charge in [-0.15, -0.1) is 11.3 Å².